The number of hydrogen-bond acceptors (Lipinski definition) is 6. The van der Waals surface area contributed by atoms with Crippen LogP contribution in [0.2, 0.25) is 0 Å². The van der Waals surface area contributed by atoms with Gasteiger partial charge in [0.25, 0.3) is 5.91 Å². The average Bonchev–Trinajstić information content (AvgIpc) is 3.17. The molecule has 0 aliphatic carbocycles. The monoisotopic (exact) mass is 459 g/mol. The molecule has 0 radical (unpaired) electrons. The van der Waals surface area contributed by atoms with E-state index in [1.807, 2.05) is 26.2 Å². The van der Waals surface area contributed by atoms with Gasteiger partial charge in [-0.25, -0.2) is 13.4 Å². The number of benzene rings is 2. The minimum atomic E-state index is -3.57. The van der Waals surface area contributed by atoms with Crippen molar-refractivity contribution < 1.29 is 17.9 Å². The Morgan fingerprint density at radius 2 is 1.90 bits per heavy atom. The number of aryl methyl sites for hydroxylation is 1. The number of carbonyl (C=O) groups excluding carboxylic acids is 1. The van der Waals surface area contributed by atoms with Gasteiger partial charge in [0.15, 0.2) is 0 Å². The van der Waals surface area contributed by atoms with Crippen molar-refractivity contribution in [1.29, 1.82) is 0 Å². The van der Waals surface area contributed by atoms with E-state index in [2.05, 4.69) is 10.3 Å². The zero-order chi connectivity index (χ0) is 22.6. The summed E-state index contributed by atoms with van der Waals surface area (Å²) in [6.07, 6.45) is 0. The molecule has 1 N–H and O–H groups in total. The number of hydrogen-bond donors (Lipinski definition) is 1. The lowest BCUT2D eigenvalue weighted by molar-refractivity contribution is 0.102. The van der Waals surface area contributed by atoms with Gasteiger partial charge in [0.2, 0.25) is 10.0 Å². The summed E-state index contributed by atoms with van der Waals surface area (Å²) in [7, 11) is -2.03. The molecule has 9 heteroatoms. The van der Waals surface area contributed by atoms with E-state index < -0.39 is 10.0 Å². The molecule has 1 heterocycles. The van der Waals surface area contributed by atoms with Gasteiger partial charge in [-0.3, -0.25) is 4.79 Å². The highest BCUT2D eigenvalue weighted by atomic mass is 32.2. The van der Waals surface area contributed by atoms with Crippen molar-refractivity contribution in [1.82, 2.24) is 9.29 Å². The molecule has 0 atom stereocenters. The fourth-order valence-corrected chi connectivity index (χ4v) is 4.68. The van der Waals surface area contributed by atoms with E-state index in [1.165, 1.54) is 16.4 Å². The Morgan fingerprint density at radius 1 is 1.19 bits per heavy atom. The lowest BCUT2D eigenvalue weighted by Gasteiger charge is -2.21. The van der Waals surface area contributed by atoms with Crippen LogP contribution < -0.4 is 10.1 Å². The molecule has 0 saturated carbocycles. The Bertz CT molecular complexity index is 1160. The van der Waals surface area contributed by atoms with Gasteiger partial charge in [-0.05, 0) is 63.2 Å². The van der Waals surface area contributed by atoms with Crippen molar-refractivity contribution in [3.63, 3.8) is 0 Å². The molecule has 0 aliphatic rings. The lowest BCUT2D eigenvalue weighted by Crippen LogP contribution is -2.33. The Labute approximate surface area is 186 Å². The second-order valence-corrected chi connectivity index (χ2v) is 10.3. The van der Waals surface area contributed by atoms with Crippen LogP contribution in [0, 0.1) is 6.92 Å². The Kier molecular flexibility index (Phi) is 7.09. The highest BCUT2D eigenvalue weighted by Crippen LogP contribution is 2.21. The normalized spacial score (nSPS) is 11.7. The predicted octanol–water partition coefficient (Wildman–Crippen LogP) is 4.31. The maximum Gasteiger partial charge on any atom is 0.255 e. The zero-order valence-corrected chi connectivity index (χ0v) is 19.5. The molecule has 2 aromatic carbocycles. The SMILES string of the molecule is Cc1nc(COc2cccc(C(=O)Nc3ccc(S(=O)(=O)N(C)C(C)C)cc3)c2)cs1. The molecule has 3 aromatic rings. The first-order valence-electron chi connectivity index (χ1n) is 9.70. The van der Waals surface area contributed by atoms with Gasteiger partial charge >= 0.3 is 0 Å². The molecule has 0 unspecified atom stereocenters. The molecule has 0 saturated heterocycles. The van der Waals surface area contributed by atoms with Crippen LogP contribution in [0.5, 0.6) is 5.75 Å². The molecule has 7 nitrogen and oxygen atoms in total. The van der Waals surface area contributed by atoms with Gasteiger partial charge in [-0.1, -0.05) is 6.07 Å². The topological polar surface area (TPSA) is 88.6 Å². The molecule has 0 bridgehead atoms. The predicted molar refractivity (Wildman–Crippen MR) is 122 cm³/mol. The van der Waals surface area contributed by atoms with Crippen LogP contribution in [-0.4, -0.2) is 36.7 Å². The first kappa shape index (κ1) is 22.9. The fourth-order valence-electron chi connectivity index (χ4n) is 2.72. The first-order valence-corrected chi connectivity index (χ1v) is 12.0. The highest BCUT2D eigenvalue weighted by Gasteiger charge is 2.22. The standard InChI is InChI=1S/C22H25N3O4S2/c1-15(2)25(4)31(27,28)21-10-8-18(9-11-21)24-22(26)17-6-5-7-20(12-17)29-13-19-14-30-16(3)23-19/h5-12,14-15H,13H2,1-4H3,(H,24,26). The number of aromatic nitrogens is 1. The molecule has 31 heavy (non-hydrogen) atoms. The van der Waals surface area contributed by atoms with Crippen molar-refractivity contribution in [2.45, 2.75) is 38.3 Å². The van der Waals surface area contributed by atoms with E-state index in [4.69, 9.17) is 4.74 Å². The maximum absolute atomic E-state index is 12.6. The third-order valence-electron chi connectivity index (χ3n) is 4.67. The summed E-state index contributed by atoms with van der Waals surface area (Å²) in [5, 5.41) is 5.69. The maximum atomic E-state index is 12.6. The van der Waals surface area contributed by atoms with E-state index >= 15 is 0 Å². The van der Waals surface area contributed by atoms with Crippen LogP contribution in [0.1, 0.15) is 34.9 Å². The van der Waals surface area contributed by atoms with Crippen LogP contribution in [0.25, 0.3) is 0 Å². The summed E-state index contributed by atoms with van der Waals surface area (Å²) in [5.74, 6) is 0.251. The number of nitrogens with one attached hydrogen (secondary N) is 1. The number of rotatable bonds is 8. The molecule has 1 amide bonds. The van der Waals surface area contributed by atoms with E-state index in [0.717, 1.165) is 10.7 Å². The molecular weight excluding hydrogens is 434 g/mol. The number of anilines is 1. The molecular formula is C22H25N3O4S2. The third kappa shape index (κ3) is 5.69. The van der Waals surface area contributed by atoms with E-state index in [1.54, 1.807) is 54.8 Å². The van der Waals surface area contributed by atoms with Gasteiger partial charge in [0.05, 0.1) is 15.6 Å². The molecule has 164 valence electrons. The van der Waals surface area contributed by atoms with E-state index in [-0.39, 0.29) is 16.8 Å². The second kappa shape index (κ2) is 9.59. The number of ether oxygens (including phenoxy) is 1. The lowest BCUT2D eigenvalue weighted by atomic mass is 10.2. The Balaban J connectivity index is 1.66. The summed E-state index contributed by atoms with van der Waals surface area (Å²) in [4.78, 5) is 17.1. The van der Waals surface area contributed by atoms with E-state index in [9.17, 15) is 13.2 Å². The van der Waals surface area contributed by atoms with Gasteiger partial charge < -0.3 is 10.1 Å². The van der Waals surface area contributed by atoms with Crippen LogP contribution in [0.4, 0.5) is 5.69 Å². The molecule has 1 aromatic heterocycles. The minimum absolute atomic E-state index is 0.154. The fraction of sp³-hybridized carbons (Fsp3) is 0.273. The summed E-state index contributed by atoms with van der Waals surface area (Å²) < 4.78 is 32.1. The van der Waals surface area contributed by atoms with Gasteiger partial charge in [0.1, 0.15) is 12.4 Å². The van der Waals surface area contributed by atoms with Crippen molar-refractivity contribution in [3.05, 3.63) is 70.2 Å². The van der Waals surface area contributed by atoms with Crippen molar-refractivity contribution in [3.8, 4) is 5.75 Å². The molecule has 3 rings (SSSR count). The van der Waals surface area contributed by atoms with Crippen molar-refractivity contribution in [2.75, 3.05) is 12.4 Å². The highest BCUT2D eigenvalue weighted by molar-refractivity contribution is 7.89. The van der Waals surface area contributed by atoms with Gasteiger partial charge in [-0.15, -0.1) is 11.3 Å². The largest absolute Gasteiger partial charge is 0.487 e. The quantitative estimate of drug-likeness (QED) is 0.542. The number of amides is 1. The number of nitrogens with zero attached hydrogens (tertiary/aromatic N) is 2. The van der Waals surface area contributed by atoms with Crippen LogP contribution in [-0.2, 0) is 16.6 Å². The average molecular weight is 460 g/mol. The van der Waals surface area contributed by atoms with Crippen molar-refractivity contribution in [2.24, 2.45) is 0 Å². The number of sulfonamides is 1. The van der Waals surface area contributed by atoms with Crippen LogP contribution in [0.15, 0.2) is 58.8 Å². The smallest absolute Gasteiger partial charge is 0.255 e. The first-order chi connectivity index (χ1) is 14.7. The summed E-state index contributed by atoms with van der Waals surface area (Å²) >= 11 is 1.56. The molecule has 0 aliphatic heterocycles. The number of carbonyl (C=O) groups is 1. The third-order valence-corrected chi connectivity index (χ3v) is 7.54. The Hall–Kier alpha value is -2.75. The van der Waals surface area contributed by atoms with Gasteiger partial charge in [0, 0.05) is 29.7 Å². The second-order valence-electron chi connectivity index (χ2n) is 7.27. The summed E-state index contributed by atoms with van der Waals surface area (Å²) in [6.45, 7) is 5.88. The Morgan fingerprint density at radius 3 is 2.52 bits per heavy atom. The van der Waals surface area contributed by atoms with E-state index in [0.29, 0.717) is 23.6 Å². The molecule has 0 fully saturated rings. The molecule has 0 spiro atoms. The number of thiazole rings is 1. The van der Waals surface area contributed by atoms with Crippen LogP contribution >= 0.6 is 11.3 Å². The summed E-state index contributed by atoms with van der Waals surface area (Å²) in [6, 6.07) is 12.8. The minimum Gasteiger partial charge on any atom is -0.487 e. The zero-order valence-electron chi connectivity index (χ0n) is 17.8. The van der Waals surface area contributed by atoms with Gasteiger partial charge in [-0.2, -0.15) is 4.31 Å². The summed E-state index contributed by atoms with van der Waals surface area (Å²) in [5.41, 5.74) is 1.78. The van der Waals surface area contributed by atoms with Crippen molar-refractivity contribution >= 4 is 33.0 Å². The van der Waals surface area contributed by atoms with Crippen LogP contribution in [0.3, 0.4) is 0 Å².